The number of carbonyl (C=O) groups excluding carboxylic acids is 1. The van der Waals surface area contributed by atoms with E-state index in [4.69, 9.17) is 11.6 Å². The summed E-state index contributed by atoms with van der Waals surface area (Å²) in [4.78, 5) is 12.1. The molecule has 21 heavy (non-hydrogen) atoms. The Hall–Kier alpha value is -1.87. The monoisotopic (exact) mass is 303 g/mol. The minimum atomic E-state index is -0.494. The number of benzene rings is 2. The maximum atomic E-state index is 13.6. The highest BCUT2D eigenvalue weighted by Gasteiger charge is 2.44. The van der Waals surface area contributed by atoms with Crippen LogP contribution >= 0.6 is 11.6 Å². The van der Waals surface area contributed by atoms with E-state index >= 15 is 0 Å². The third kappa shape index (κ3) is 2.93. The van der Waals surface area contributed by atoms with Gasteiger partial charge in [-0.05, 0) is 42.7 Å². The molecule has 108 valence electrons. The fraction of sp³-hybridized carbons (Fsp3) is 0.235. The van der Waals surface area contributed by atoms with Crippen LogP contribution in [0.5, 0.6) is 0 Å². The number of hydrogen-bond acceptors (Lipinski definition) is 1. The third-order valence-electron chi connectivity index (χ3n) is 4.02. The molecule has 1 aliphatic rings. The predicted octanol–water partition coefficient (Wildman–Crippen LogP) is 3.94. The van der Waals surface area contributed by atoms with Gasteiger partial charge in [0.25, 0.3) is 5.91 Å². The van der Waals surface area contributed by atoms with Crippen LogP contribution in [0, 0.1) is 5.82 Å². The van der Waals surface area contributed by atoms with E-state index in [1.807, 2.05) is 24.3 Å². The second kappa shape index (κ2) is 5.49. The van der Waals surface area contributed by atoms with Gasteiger partial charge in [0.15, 0.2) is 0 Å². The Kier molecular flexibility index (Phi) is 3.68. The maximum Gasteiger partial charge on any atom is 0.254 e. The molecule has 1 aliphatic carbocycles. The third-order valence-corrected chi connectivity index (χ3v) is 4.27. The molecule has 0 spiro atoms. The number of hydrogen-bond donors (Lipinski definition) is 1. The van der Waals surface area contributed by atoms with Gasteiger partial charge in [0.1, 0.15) is 5.82 Å². The van der Waals surface area contributed by atoms with Crippen molar-refractivity contribution in [1.82, 2.24) is 5.32 Å². The molecule has 1 N–H and O–H groups in total. The smallest absolute Gasteiger partial charge is 0.254 e. The largest absolute Gasteiger partial charge is 0.351 e. The SMILES string of the molecule is O=C(NCC1(c2ccc(Cl)cc2)CC1)c1ccccc1F. The van der Waals surface area contributed by atoms with Gasteiger partial charge in [-0.2, -0.15) is 0 Å². The first-order valence-electron chi connectivity index (χ1n) is 6.90. The Morgan fingerprint density at radius 1 is 1.14 bits per heavy atom. The van der Waals surface area contributed by atoms with E-state index in [1.165, 1.54) is 17.7 Å². The number of carbonyl (C=O) groups is 1. The zero-order chi connectivity index (χ0) is 14.9. The summed E-state index contributed by atoms with van der Waals surface area (Å²) in [5, 5.41) is 3.54. The van der Waals surface area contributed by atoms with Crippen LogP contribution in [0.25, 0.3) is 0 Å². The molecule has 3 rings (SSSR count). The molecule has 0 aliphatic heterocycles. The second-order valence-corrected chi connectivity index (χ2v) is 5.89. The summed E-state index contributed by atoms with van der Waals surface area (Å²) in [5.41, 5.74) is 1.23. The quantitative estimate of drug-likeness (QED) is 0.910. The molecule has 1 saturated carbocycles. The molecule has 2 aromatic rings. The van der Waals surface area contributed by atoms with Crippen molar-refractivity contribution in [2.75, 3.05) is 6.54 Å². The molecule has 0 aromatic heterocycles. The van der Waals surface area contributed by atoms with Crippen molar-refractivity contribution in [2.24, 2.45) is 0 Å². The molecular weight excluding hydrogens is 289 g/mol. The summed E-state index contributed by atoms with van der Waals surface area (Å²) in [7, 11) is 0. The maximum absolute atomic E-state index is 13.6. The van der Waals surface area contributed by atoms with Gasteiger partial charge in [-0.1, -0.05) is 35.9 Å². The van der Waals surface area contributed by atoms with Crippen molar-refractivity contribution in [1.29, 1.82) is 0 Å². The molecule has 0 heterocycles. The first-order valence-corrected chi connectivity index (χ1v) is 7.27. The van der Waals surface area contributed by atoms with Crippen LogP contribution in [-0.4, -0.2) is 12.5 Å². The number of halogens is 2. The average molecular weight is 304 g/mol. The molecule has 0 unspecified atom stereocenters. The van der Waals surface area contributed by atoms with Crippen molar-refractivity contribution in [3.8, 4) is 0 Å². The van der Waals surface area contributed by atoms with Gasteiger partial charge < -0.3 is 5.32 Å². The van der Waals surface area contributed by atoms with Crippen molar-refractivity contribution in [2.45, 2.75) is 18.3 Å². The lowest BCUT2D eigenvalue weighted by Gasteiger charge is -2.17. The highest BCUT2D eigenvalue weighted by atomic mass is 35.5. The van der Waals surface area contributed by atoms with Crippen LogP contribution in [0.2, 0.25) is 5.02 Å². The van der Waals surface area contributed by atoms with Crippen molar-refractivity contribution < 1.29 is 9.18 Å². The Balaban J connectivity index is 1.69. The fourth-order valence-electron chi connectivity index (χ4n) is 2.51. The summed E-state index contributed by atoms with van der Waals surface area (Å²) >= 11 is 5.90. The molecule has 1 amide bonds. The Morgan fingerprint density at radius 2 is 1.81 bits per heavy atom. The zero-order valence-electron chi connectivity index (χ0n) is 11.4. The lowest BCUT2D eigenvalue weighted by atomic mass is 9.96. The lowest BCUT2D eigenvalue weighted by Crippen LogP contribution is -2.32. The summed E-state index contributed by atoms with van der Waals surface area (Å²) in [6.45, 7) is 0.516. The topological polar surface area (TPSA) is 29.1 Å². The molecule has 2 aromatic carbocycles. The molecule has 2 nitrogen and oxygen atoms in total. The van der Waals surface area contributed by atoms with Gasteiger partial charge >= 0.3 is 0 Å². The Bertz CT molecular complexity index is 665. The van der Waals surface area contributed by atoms with Crippen LogP contribution in [0.1, 0.15) is 28.8 Å². The van der Waals surface area contributed by atoms with Crippen LogP contribution in [0.4, 0.5) is 4.39 Å². The van der Waals surface area contributed by atoms with Gasteiger partial charge in [0.2, 0.25) is 0 Å². The molecule has 1 fully saturated rings. The van der Waals surface area contributed by atoms with Crippen LogP contribution < -0.4 is 5.32 Å². The number of amides is 1. The van der Waals surface area contributed by atoms with Crippen LogP contribution in [0.3, 0.4) is 0 Å². The van der Waals surface area contributed by atoms with E-state index in [1.54, 1.807) is 12.1 Å². The predicted molar refractivity (Wildman–Crippen MR) is 81.1 cm³/mol. The Labute approximate surface area is 127 Å². The number of rotatable bonds is 4. The summed E-state index contributed by atoms with van der Waals surface area (Å²) in [5.74, 6) is -0.861. The van der Waals surface area contributed by atoms with Crippen LogP contribution in [0.15, 0.2) is 48.5 Å². The van der Waals surface area contributed by atoms with Crippen molar-refractivity contribution in [3.05, 3.63) is 70.5 Å². The normalized spacial score (nSPS) is 15.5. The first-order chi connectivity index (χ1) is 10.1. The summed E-state index contributed by atoms with van der Waals surface area (Å²) < 4.78 is 13.6. The van der Waals surface area contributed by atoms with E-state index in [9.17, 15) is 9.18 Å². The van der Waals surface area contributed by atoms with E-state index < -0.39 is 5.82 Å². The van der Waals surface area contributed by atoms with Gasteiger partial charge in [-0.25, -0.2) is 4.39 Å². The van der Waals surface area contributed by atoms with Crippen molar-refractivity contribution >= 4 is 17.5 Å². The lowest BCUT2D eigenvalue weighted by molar-refractivity contribution is 0.0945. The fourth-order valence-corrected chi connectivity index (χ4v) is 2.64. The summed E-state index contributed by atoms with van der Waals surface area (Å²) in [6, 6.07) is 13.7. The minimum Gasteiger partial charge on any atom is -0.351 e. The second-order valence-electron chi connectivity index (χ2n) is 5.45. The average Bonchev–Trinajstić information content (AvgIpc) is 3.27. The highest BCUT2D eigenvalue weighted by Crippen LogP contribution is 2.47. The molecule has 0 radical (unpaired) electrons. The highest BCUT2D eigenvalue weighted by molar-refractivity contribution is 6.30. The minimum absolute atomic E-state index is 0.0223. The first kappa shape index (κ1) is 14.1. The van der Waals surface area contributed by atoms with Gasteiger partial charge in [0.05, 0.1) is 5.56 Å². The molecule has 0 saturated heterocycles. The number of nitrogens with one attached hydrogen (secondary N) is 1. The van der Waals surface area contributed by atoms with E-state index in [-0.39, 0.29) is 16.9 Å². The molecule has 0 bridgehead atoms. The molecular formula is C17H15ClFNO. The standard InChI is InChI=1S/C17H15ClFNO/c18-13-7-5-12(6-8-13)17(9-10-17)11-20-16(21)14-3-1-2-4-15(14)19/h1-8H,9-11H2,(H,20,21). The van der Waals surface area contributed by atoms with E-state index in [0.29, 0.717) is 11.6 Å². The summed E-state index contributed by atoms with van der Waals surface area (Å²) in [6.07, 6.45) is 2.04. The van der Waals surface area contributed by atoms with Crippen LogP contribution in [-0.2, 0) is 5.41 Å². The molecule has 0 atom stereocenters. The van der Waals surface area contributed by atoms with Gasteiger partial charge in [-0.15, -0.1) is 0 Å². The Morgan fingerprint density at radius 3 is 2.43 bits per heavy atom. The van der Waals surface area contributed by atoms with E-state index in [0.717, 1.165) is 12.8 Å². The van der Waals surface area contributed by atoms with Gasteiger partial charge in [0, 0.05) is 17.0 Å². The zero-order valence-corrected chi connectivity index (χ0v) is 12.2. The van der Waals surface area contributed by atoms with Crippen molar-refractivity contribution in [3.63, 3.8) is 0 Å². The molecule has 4 heteroatoms. The van der Waals surface area contributed by atoms with E-state index in [2.05, 4.69) is 5.32 Å². The van der Waals surface area contributed by atoms with Gasteiger partial charge in [-0.3, -0.25) is 4.79 Å².